The minimum absolute atomic E-state index is 0.0167. The highest BCUT2D eigenvalue weighted by Gasteiger charge is 2.25. The quantitative estimate of drug-likeness (QED) is 0.658. The molecule has 0 bridgehead atoms. The van der Waals surface area contributed by atoms with Crippen molar-refractivity contribution in [3.63, 3.8) is 0 Å². The predicted molar refractivity (Wildman–Crippen MR) is 74.7 cm³/mol. The second kappa shape index (κ2) is 5.15. The van der Waals surface area contributed by atoms with Crippen LogP contribution in [0.25, 0.3) is 6.08 Å². The van der Waals surface area contributed by atoms with Gasteiger partial charge in [0.15, 0.2) is 0 Å². The average Bonchev–Trinajstić information content (AvgIpc) is 2.42. The van der Waals surface area contributed by atoms with E-state index < -0.39 is 7.82 Å². The maximum atomic E-state index is 11.1. The summed E-state index contributed by atoms with van der Waals surface area (Å²) in [4.78, 5) is 28.7. The van der Waals surface area contributed by atoms with Gasteiger partial charge in [-0.15, -0.1) is 0 Å². The van der Waals surface area contributed by atoms with Crippen molar-refractivity contribution in [2.75, 3.05) is 0 Å². The molecule has 1 aromatic carbocycles. The van der Waals surface area contributed by atoms with Crippen molar-refractivity contribution in [1.82, 2.24) is 0 Å². The van der Waals surface area contributed by atoms with E-state index in [2.05, 4.69) is 4.52 Å². The second-order valence-corrected chi connectivity index (χ2v) is 6.04. The van der Waals surface area contributed by atoms with Gasteiger partial charge in [-0.3, -0.25) is 14.6 Å². The molecule has 0 amide bonds. The van der Waals surface area contributed by atoms with Gasteiger partial charge in [0, 0.05) is 17.2 Å². The van der Waals surface area contributed by atoms with E-state index in [0.29, 0.717) is 23.5 Å². The Bertz CT molecular complexity index is 712. The first-order valence-corrected chi connectivity index (χ1v) is 7.95. The number of rotatable bonds is 3. The summed E-state index contributed by atoms with van der Waals surface area (Å²) in [5, 5.41) is 0. The van der Waals surface area contributed by atoms with E-state index in [1.807, 2.05) is 6.08 Å². The normalized spacial score (nSPS) is 17.3. The Labute approximate surface area is 120 Å². The smallest absolute Gasteiger partial charge is 0.456 e. The minimum atomic E-state index is -4.61. The number of allylic oxidation sites excluding steroid dienone is 2. The van der Waals surface area contributed by atoms with Crippen LogP contribution in [-0.4, -0.2) is 16.1 Å². The molecule has 0 aromatic heterocycles. The van der Waals surface area contributed by atoms with E-state index in [-0.39, 0.29) is 5.75 Å². The van der Waals surface area contributed by atoms with Crippen molar-refractivity contribution in [3.05, 3.63) is 40.7 Å². The number of phosphoric acid groups is 1. The Hall–Kier alpha value is -1.88. The topological polar surface area (TPSA) is 93.1 Å². The molecule has 7 heteroatoms. The van der Waals surface area contributed by atoms with Crippen LogP contribution in [0.2, 0.25) is 0 Å². The molecule has 1 aromatic rings. The highest BCUT2D eigenvalue weighted by atomic mass is 31.2. The van der Waals surface area contributed by atoms with Crippen LogP contribution >= 0.6 is 7.82 Å². The summed E-state index contributed by atoms with van der Waals surface area (Å²) in [6, 6.07) is 4.54. The van der Waals surface area contributed by atoms with Crippen LogP contribution in [0.5, 0.6) is 11.5 Å². The number of ether oxygens (including phenoxy) is 1. The molecule has 2 N–H and O–H groups in total. The van der Waals surface area contributed by atoms with Gasteiger partial charge in [0.25, 0.3) is 0 Å². The lowest BCUT2D eigenvalue weighted by molar-refractivity contribution is -0.105. The minimum Gasteiger partial charge on any atom is -0.456 e. The lowest BCUT2D eigenvalue weighted by Crippen LogP contribution is -2.13. The van der Waals surface area contributed by atoms with Gasteiger partial charge in [0.2, 0.25) is 0 Å². The van der Waals surface area contributed by atoms with Crippen LogP contribution < -0.4 is 9.26 Å². The summed E-state index contributed by atoms with van der Waals surface area (Å²) < 4.78 is 21.1. The van der Waals surface area contributed by atoms with E-state index in [4.69, 9.17) is 14.5 Å². The zero-order chi connectivity index (χ0) is 15.0. The molecule has 1 heterocycles. The summed E-state index contributed by atoms with van der Waals surface area (Å²) in [5.74, 6) is 0.987. The lowest BCUT2D eigenvalue weighted by Gasteiger charge is -2.25. The summed E-state index contributed by atoms with van der Waals surface area (Å²) in [6.45, 7) is 0. The van der Waals surface area contributed by atoms with Gasteiger partial charge in [-0.05, 0) is 43.0 Å². The fourth-order valence-corrected chi connectivity index (χ4v) is 2.89. The van der Waals surface area contributed by atoms with Crippen LogP contribution in [-0.2, 0) is 9.36 Å². The third kappa shape index (κ3) is 2.93. The van der Waals surface area contributed by atoms with Crippen molar-refractivity contribution >= 4 is 20.2 Å². The Balaban J connectivity index is 2.01. The number of carbonyl (C=O) groups excluding carboxylic acids is 1. The Morgan fingerprint density at radius 1 is 1.29 bits per heavy atom. The number of aldehydes is 1. The van der Waals surface area contributed by atoms with Crippen molar-refractivity contribution in [2.24, 2.45) is 0 Å². The molecule has 2 aliphatic rings. The third-order valence-electron chi connectivity index (χ3n) is 3.37. The first-order valence-electron chi connectivity index (χ1n) is 6.42. The van der Waals surface area contributed by atoms with Crippen LogP contribution in [0.4, 0.5) is 0 Å². The van der Waals surface area contributed by atoms with Gasteiger partial charge in [-0.1, -0.05) is 0 Å². The van der Waals surface area contributed by atoms with Crippen molar-refractivity contribution < 1.29 is 28.4 Å². The molecule has 3 rings (SSSR count). The summed E-state index contributed by atoms with van der Waals surface area (Å²) >= 11 is 0. The number of hydrogen-bond acceptors (Lipinski definition) is 4. The molecular formula is C14H13O6P. The zero-order valence-corrected chi connectivity index (χ0v) is 11.9. The molecule has 0 spiro atoms. The molecule has 0 radical (unpaired) electrons. The van der Waals surface area contributed by atoms with Crippen molar-refractivity contribution in [1.29, 1.82) is 0 Å². The van der Waals surface area contributed by atoms with Crippen LogP contribution in [0, 0.1) is 0 Å². The largest absolute Gasteiger partial charge is 0.524 e. The van der Waals surface area contributed by atoms with Crippen molar-refractivity contribution in [2.45, 2.75) is 19.3 Å². The van der Waals surface area contributed by atoms with Crippen LogP contribution in [0.1, 0.15) is 24.8 Å². The number of benzene rings is 1. The maximum Gasteiger partial charge on any atom is 0.524 e. The van der Waals surface area contributed by atoms with Gasteiger partial charge in [0.05, 0.1) is 0 Å². The maximum absolute atomic E-state index is 11.1. The van der Waals surface area contributed by atoms with Gasteiger partial charge < -0.3 is 9.26 Å². The molecule has 110 valence electrons. The Kier molecular flexibility index (Phi) is 3.45. The molecule has 0 fully saturated rings. The second-order valence-electron chi connectivity index (χ2n) is 4.88. The molecular weight excluding hydrogens is 295 g/mol. The standard InChI is InChI=1S/C14H13O6P/c15-8-11-3-1-2-10-6-9-4-5-12(20-21(16,17)18)7-13(9)19-14(10)11/h4-8H,1-3H2,(H2,16,17,18). The molecule has 0 unspecified atom stereocenters. The van der Waals surface area contributed by atoms with Crippen LogP contribution in [0.3, 0.4) is 0 Å². The van der Waals surface area contributed by atoms with E-state index in [1.54, 1.807) is 6.07 Å². The Morgan fingerprint density at radius 3 is 2.81 bits per heavy atom. The fraction of sp³-hybridized carbons (Fsp3) is 0.214. The molecule has 21 heavy (non-hydrogen) atoms. The molecule has 1 aliphatic heterocycles. The van der Waals surface area contributed by atoms with Gasteiger partial charge in [-0.25, -0.2) is 4.57 Å². The van der Waals surface area contributed by atoms with E-state index in [9.17, 15) is 9.36 Å². The third-order valence-corrected chi connectivity index (χ3v) is 3.82. The summed E-state index contributed by atoms with van der Waals surface area (Å²) in [6.07, 6.45) is 5.14. The first kappa shape index (κ1) is 14.1. The first-order chi connectivity index (χ1) is 9.96. The fourth-order valence-electron chi connectivity index (χ4n) is 2.50. The van der Waals surface area contributed by atoms with Crippen LogP contribution in [0.15, 0.2) is 35.1 Å². The van der Waals surface area contributed by atoms with E-state index >= 15 is 0 Å². The average molecular weight is 308 g/mol. The number of fused-ring (bicyclic) bond motifs is 2. The highest BCUT2D eigenvalue weighted by Crippen LogP contribution is 2.43. The number of carbonyl (C=O) groups is 1. The molecule has 0 saturated heterocycles. The summed E-state index contributed by atoms with van der Waals surface area (Å²) in [5.41, 5.74) is 2.37. The number of hydrogen-bond donors (Lipinski definition) is 2. The highest BCUT2D eigenvalue weighted by molar-refractivity contribution is 7.46. The van der Waals surface area contributed by atoms with Gasteiger partial charge in [0.1, 0.15) is 23.5 Å². The molecule has 6 nitrogen and oxygen atoms in total. The van der Waals surface area contributed by atoms with Gasteiger partial charge >= 0.3 is 7.82 Å². The monoisotopic (exact) mass is 308 g/mol. The SMILES string of the molecule is O=CC1=C2Oc3cc(OP(=O)(O)O)ccc3C=C2CCC1. The van der Waals surface area contributed by atoms with Gasteiger partial charge in [-0.2, -0.15) is 0 Å². The molecule has 0 saturated carbocycles. The van der Waals surface area contributed by atoms with E-state index in [1.165, 1.54) is 12.1 Å². The zero-order valence-electron chi connectivity index (χ0n) is 11.0. The molecule has 1 aliphatic carbocycles. The predicted octanol–water partition coefficient (Wildman–Crippen LogP) is 2.57. The van der Waals surface area contributed by atoms with E-state index in [0.717, 1.165) is 30.3 Å². The number of phosphoric ester groups is 1. The summed E-state index contributed by atoms with van der Waals surface area (Å²) in [7, 11) is -4.61. The molecule has 0 atom stereocenters. The lowest BCUT2D eigenvalue weighted by atomic mass is 9.91. The Morgan fingerprint density at radius 2 is 2.10 bits per heavy atom. The van der Waals surface area contributed by atoms with Crippen molar-refractivity contribution in [3.8, 4) is 11.5 Å².